The molecule has 0 atom stereocenters. The van der Waals surface area contributed by atoms with Crippen molar-refractivity contribution in [1.82, 2.24) is 5.32 Å². The van der Waals surface area contributed by atoms with Crippen LogP contribution in [0, 0.1) is 0 Å². The first-order valence-electron chi connectivity index (χ1n) is 7.76. The lowest BCUT2D eigenvalue weighted by Gasteiger charge is -2.16. The number of hydrogen-bond donors (Lipinski definition) is 1. The van der Waals surface area contributed by atoms with Gasteiger partial charge in [0.15, 0.2) is 0 Å². The average Bonchev–Trinajstić information content (AvgIpc) is 2.61. The number of benzene rings is 2. The van der Waals surface area contributed by atoms with Gasteiger partial charge in [-0.2, -0.15) is 0 Å². The van der Waals surface area contributed by atoms with Crippen LogP contribution in [0.3, 0.4) is 0 Å². The van der Waals surface area contributed by atoms with Crippen LogP contribution in [0.4, 0.5) is 5.69 Å². The molecule has 6 nitrogen and oxygen atoms in total. The zero-order valence-corrected chi connectivity index (χ0v) is 15.3. The van der Waals surface area contributed by atoms with Gasteiger partial charge in [-0.25, -0.2) is 8.42 Å². The number of carbonyl (C=O) groups is 1. The third kappa shape index (κ3) is 5.22. The number of amides is 1. The topological polar surface area (TPSA) is 75.7 Å². The molecule has 25 heavy (non-hydrogen) atoms. The average molecular weight is 362 g/mol. The van der Waals surface area contributed by atoms with Crippen molar-refractivity contribution in [3.05, 3.63) is 59.7 Å². The molecule has 0 aliphatic heterocycles. The predicted molar refractivity (Wildman–Crippen MR) is 98.7 cm³/mol. The molecule has 0 aromatic heterocycles. The number of nitrogens with zero attached hydrogens (tertiary/aromatic N) is 1. The number of ether oxygens (including phenoxy) is 1. The molecular weight excluding hydrogens is 340 g/mol. The predicted octanol–water partition coefficient (Wildman–Crippen LogP) is 2.06. The van der Waals surface area contributed by atoms with E-state index in [1.807, 2.05) is 24.3 Å². The first-order chi connectivity index (χ1) is 11.8. The van der Waals surface area contributed by atoms with Gasteiger partial charge in [-0.3, -0.25) is 9.10 Å². The smallest absolute Gasteiger partial charge is 0.251 e. The van der Waals surface area contributed by atoms with Crippen LogP contribution in [-0.2, 0) is 16.4 Å². The summed E-state index contributed by atoms with van der Waals surface area (Å²) in [7, 11) is -0.224. The Kier molecular flexibility index (Phi) is 6.03. The van der Waals surface area contributed by atoms with E-state index in [0.29, 0.717) is 24.2 Å². The van der Waals surface area contributed by atoms with Gasteiger partial charge in [0.2, 0.25) is 10.0 Å². The molecule has 0 heterocycles. The Morgan fingerprint density at radius 1 is 1.08 bits per heavy atom. The van der Waals surface area contributed by atoms with Crippen molar-refractivity contribution in [1.29, 1.82) is 0 Å². The van der Waals surface area contributed by atoms with Crippen LogP contribution in [0.1, 0.15) is 15.9 Å². The number of nitrogens with one attached hydrogen (secondary N) is 1. The Morgan fingerprint density at radius 3 is 2.20 bits per heavy atom. The summed E-state index contributed by atoms with van der Waals surface area (Å²) in [5.74, 6) is 0.606. The maximum Gasteiger partial charge on any atom is 0.251 e. The van der Waals surface area contributed by atoms with Gasteiger partial charge in [-0.1, -0.05) is 12.1 Å². The van der Waals surface area contributed by atoms with Crippen LogP contribution < -0.4 is 14.4 Å². The molecule has 0 spiro atoms. The van der Waals surface area contributed by atoms with Gasteiger partial charge in [0.1, 0.15) is 5.75 Å². The van der Waals surface area contributed by atoms with Crippen molar-refractivity contribution in [3.8, 4) is 5.75 Å². The van der Waals surface area contributed by atoms with Crippen molar-refractivity contribution in [2.24, 2.45) is 0 Å². The highest BCUT2D eigenvalue weighted by atomic mass is 32.2. The second-order valence-corrected chi connectivity index (χ2v) is 7.65. The lowest BCUT2D eigenvalue weighted by atomic mass is 10.1. The Labute approximate surface area is 148 Å². The molecule has 0 saturated carbocycles. The summed E-state index contributed by atoms with van der Waals surface area (Å²) >= 11 is 0. The van der Waals surface area contributed by atoms with E-state index in [1.54, 1.807) is 31.4 Å². The molecule has 0 bridgehead atoms. The molecule has 0 unspecified atom stereocenters. The van der Waals surface area contributed by atoms with Crippen molar-refractivity contribution in [2.45, 2.75) is 6.42 Å². The number of rotatable bonds is 7. The summed E-state index contributed by atoms with van der Waals surface area (Å²) < 4.78 is 29.3. The number of methoxy groups -OCH3 is 1. The first kappa shape index (κ1) is 18.8. The van der Waals surface area contributed by atoms with Crippen LogP contribution in [0.2, 0.25) is 0 Å². The molecule has 134 valence electrons. The van der Waals surface area contributed by atoms with E-state index in [9.17, 15) is 13.2 Å². The van der Waals surface area contributed by atoms with Crippen LogP contribution >= 0.6 is 0 Å². The maximum absolute atomic E-state index is 12.2. The number of anilines is 1. The van der Waals surface area contributed by atoms with E-state index in [2.05, 4.69) is 5.32 Å². The Hall–Kier alpha value is -2.54. The van der Waals surface area contributed by atoms with E-state index in [0.717, 1.165) is 17.6 Å². The van der Waals surface area contributed by atoms with Gasteiger partial charge < -0.3 is 10.1 Å². The largest absolute Gasteiger partial charge is 0.497 e. The minimum Gasteiger partial charge on any atom is -0.497 e. The van der Waals surface area contributed by atoms with Crippen LogP contribution in [0.5, 0.6) is 5.75 Å². The van der Waals surface area contributed by atoms with Crippen LogP contribution in [0.15, 0.2) is 48.5 Å². The summed E-state index contributed by atoms with van der Waals surface area (Å²) in [6.45, 7) is 0.510. The molecule has 0 radical (unpaired) electrons. The van der Waals surface area contributed by atoms with Gasteiger partial charge in [-0.15, -0.1) is 0 Å². The molecule has 7 heteroatoms. The number of sulfonamides is 1. The molecule has 0 saturated heterocycles. The number of hydrogen-bond acceptors (Lipinski definition) is 4. The Bertz CT molecular complexity index is 815. The normalized spacial score (nSPS) is 11.0. The van der Waals surface area contributed by atoms with Gasteiger partial charge in [-0.05, 0) is 48.4 Å². The van der Waals surface area contributed by atoms with E-state index in [4.69, 9.17) is 4.74 Å². The van der Waals surface area contributed by atoms with Gasteiger partial charge in [0.05, 0.1) is 19.1 Å². The van der Waals surface area contributed by atoms with Gasteiger partial charge in [0, 0.05) is 19.2 Å². The molecule has 2 rings (SSSR count). The van der Waals surface area contributed by atoms with Crippen LogP contribution in [0.25, 0.3) is 0 Å². The van der Waals surface area contributed by atoms with E-state index in [-0.39, 0.29) is 5.91 Å². The minimum absolute atomic E-state index is 0.193. The first-order valence-corrected chi connectivity index (χ1v) is 9.61. The second-order valence-electron chi connectivity index (χ2n) is 5.63. The highest BCUT2D eigenvalue weighted by Crippen LogP contribution is 2.16. The van der Waals surface area contributed by atoms with Crippen molar-refractivity contribution < 1.29 is 17.9 Å². The second kappa shape index (κ2) is 8.02. The van der Waals surface area contributed by atoms with Gasteiger partial charge >= 0.3 is 0 Å². The monoisotopic (exact) mass is 362 g/mol. The van der Waals surface area contributed by atoms with Gasteiger partial charge in [0.25, 0.3) is 5.91 Å². The van der Waals surface area contributed by atoms with Crippen molar-refractivity contribution in [3.63, 3.8) is 0 Å². The lowest BCUT2D eigenvalue weighted by Crippen LogP contribution is -2.26. The Morgan fingerprint density at radius 2 is 1.68 bits per heavy atom. The summed E-state index contributed by atoms with van der Waals surface area (Å²) in [4.78, 5) is 12.2. The molecule has 0 fully saturated rings. The highest BCUT2D eigenvalue weighted by molar-refractivity contribution is 7.92. The summed E-state index contributed by atoms with van der Waals surface area (Å²) in [5.41, 5.74) is 2.10. The minimum atomic E-state index is -3.32. The highest BCUT2D eigenvalue weighted by Gasteiger charge is 2.12. The molecular formula is C18H22N2O4S. The fourth-order valence-corrected chi connectivity index (χ4v) is 2.73. The molecule has 2 aromatic carbocycles. The molecule has 1 N–H and O–H groups in total. The van der Waals surface area contributed by atoms with E-state index >= 15 is 0 Å². The molecule has 1 amide bonds. The SMILES string of the molecule is COc1ccc(CCNC(=O)c2ccc(N(C)S(C)(=O)=O)cc2)cc1. The lowest BCUT2D eigenvalue weighted by molar-refractivity contribution is 0.0954. The standard InChI is InChI=1S/C18H22N2O4S/c1-20(25(3,22)23)16-8-6-15(7-9-16)18(21)19-13-12-14-4-10-17(24-2)11-5-14/h4-11H,12-13H2,1-3H3,(H,19,21). The van der Waals surface area contributed by atoms with E-state index in [1.165, 1.54) is 11.4 Å². The third-order valence-electron chi connectivity index (χ3n) is 3.85. The molecule has 0 aliphatic carbocycles. The summed E-state index contributed by atoms with van der Waals surface area (Å²) in [5, 5.41) is 2.85. The molecule has 0 aliphatic rings. The van der Waals surface area contributed by atoms with Crippen molar-refractivity contribution >= 4 is 21.6 Å². The number of carbonyl (C=O) groups excluding carboxylic acids is 1. The summed E-state index contributed by atoms with van der Waals surface area (Å²) in [6, 6.07) is 14.1. The van der Waals surface area contributed by atoms with Crippen LogP contribution in [-0.4, -0.2) is 41.3 Å². The third-order valence-corrected chi connectivity index (χ3v) is 5.05. The molecule has 2 aromatic rings. The van der Waals surface area contributed by atoms with E-state index < -0.39 is 10.0 Å². The summed E-state index contributed by atoms with van der Waals surface area (Å²) in [6.07, 6.45) is 1.84. The quantitative estimate of drug-likeness (QED) is 0.818. The zero-order chi connectivity index (χ0) is 18.4. The maximum atomic E-state index is 12.2. The fourth-order valence-electron chi connectivity index (χ4n) is 2.23. The zero-order valence-electron chi connectivity index (χ0n) is 14.5. The fraction of sp³-hybridized carbons (Fsp3) is 0.278. The Balaban J connectivity index is 1.90. The van der Waals surface area contributed by atoms with Crippen molar-refractivity contribution in [2.75, 3.05) is 31.3 Å².